The summed E-state index contributed by atoms with van der Waals surface area (Å²) in [6.45, 7) is 3.19. The van der Waals surface area contributed by atoms with Gasteiger partial charge in [-0.3, -0.25) is 14.4 Å². The van der Waals surface area contributed by atoms with Gasteiger partial charge < -0.3 is 17.0 Å². The molecule has 7 heteroatoms. The third kappa shape index (κ3) is 13.1. The fourth-order valence-corrected chi connectivity index (χ4v) is 10.8. The van der Waals surface area contributed by atoms with Crippen molar-refractivity contribution in [2.45, 2.75) is 20.0 Å². The molecular weight excluding hydrogens is 919 g/mol. The van der Waals surface area contributed by atoms with E-state index in [9.17, 15) is 14.4 Å². The van der Waals surface area contributed by atoms with Crippen LogP contribution in [-0.4, -0.2) is 17.9 Å². The highest BCUT2D eigenvalue weighted by Gasteiger charge is 2.45. The van der Waals surface area contributed by atoms with Crippen LogP contribution in [0.15, 0.2) is 197 Å². The number of carbonyl (C=O) groups excluding carboxylic acids is 3. The minimum absolute atomic E-state index is 0. The summed E-state index contributed by atoms with van der Waals surface area (Å²) in [6, 6.07) is 63.7. The third-order valence-electron chi connectivity index (χ3n) is 9.03. The summed E-state index contributed by atoms with van der Waals surface area (Å²) in [5, 5.41) is 4.11. The Hall–Kier alpha value is -4.84. The highest BCUT2D eigenvalue weighted by Crippen LogP contribution is 2.58. The molecule has 3 nitrogen and oxygen atoms in total. The van der Waals surface area contributed by atoms with E-state index in [0.29, 0.717) is 5.56 Å². The maximum Gasteiger partial charge on any atom is 0.159 e. The quantitative estimate of drug-likeness (QED) is 0.0595. The molecule has 0 aliphatic carbocycles. The second kappa shape index (κ2) is 22.8. The molecule has 0 unspecified atom stereocenters. The highest BCUT2D eigenvalue weighted by molar-refractivity contribution is 9.10. The van der Waals surface area contributed by atoms with Crippen LogP contribution in [0.3, 0.4) is 0 Å². The Morgan fingerprint density at radius 2 is 0.772 bits per heavy atom. The number of carbonyl (C=O) groups is 3. The summed E-state index contributed by atoms with van der Waals surface area (Å²) in [7, 11) is -1.90. The Bertz CT molecular complexity index is 2230. The van der Waals surface area contributed by atoms with Gasteiger partial charge in [0.05, 0.1) is 6.16 Å². The maximum absolute atomic E-state index is 11.7. The number of hydrogen-bond donors (Lipinski definition) is 0. The number of halogens is 3. The van der Waals surface area contributed by atoms with Crippen molar-refractivity contribution in [1.82, 2.24) is 0 Å². The molecule has 0 spiro atoms. The first kappa shape index (κ1) is 44.9. The highest BCUT2D eigenvalue weighted by atomic mass is 79.9. The average Bonchev–Trinajstić information content (AvgIpc) is 3.24. The van der Waals surface area contributed by atoms with Gasteiger partial charge in [0.2, 0.25) is 0 Å². The van der Waals surface area contributed by atoms with Crippen LogP contribution < -0.4 is 32.9 Å². The molecule has 0 amide bonds. The number of hydrogen-bond acceptors (Lipinski definition) is 3. The monoisotopic (exact) mass is 958 g/mol. The molecule has 0 fully saturated rings. The van der Waals surface area contributed by atoms with Gasteiger partial charge in [0, 0.05) is 25.6 Å². The van der Waals surface area contributed by atoms with E-state index in [1.165, 1.54) is 21.5 Å². The number of Topliss-reactive ketones (excluding diaryl/α,β-unsaturated/α-hetero) is 2. The number of benzene rings is 7. The summed E-state index contributed by atoms with van der Waals surface area (Å²) in [5.74, 6) is 0.199. The lowest BCUT2D eigenvalue weighted by atomic mass is 10.1. The van der Waals surface area contributed by atoms with E-state index in [-0.39, 0.29) is 28.5 Å². The van der Waals surface area contributed by atoms with Gasteiger partial charge in [0.1, 0.15) is 29.5 Å². The molecule has 0 radical (unpaired) electrons. The summed E-state index contributed by atoms with van der Waals surface area (Å²) in [5.41, 5.74) is 5.70. The zero-order valence-electron chi connectivity index (χ0n) is 31.6. The van der Waals surface area contributed by atoms with Crippen molar-refractivity contribution < 1.29 is 31.4 Å². The molecule has 0 aliphatic rings. The van der Waals surface area contributed by atoms with E-state index in [4.69, 9.17) is 0 Å². The Morgan fingerprint density at radius 1 is 0.456 bits per heavy atom. The topological polar surface area (TPSA) is 51.2 Å². The molecule has 7 aromatic carbocycles. The normalized spacial score (nSPS) is 10.5. The van der Waals surface area contributed by atoms with Crippen molar-refractivity contribution in [1.29, 1.82) is 0 Å². The first-order valence-electron chi connectivity index (χ1n) is 18.1. The molecule has 7 aromatic rings. The van der Waals surface area contributed by atoms with Crippen molar-refractivity contribution in [3.05, 3.63) is 230 Å². The van der Waals surface area contributed by atoms with Gasteiger partial charge >= 0.3 is 0 Å². The lowest BCUT2D eigenvalue weighted by Gasteiger charge is -2.27. The van der Waals surface area contributed by atoms with Gasteiger partial charge in [-0.25, -0.2) is 0 Å². The van der Waals surface area contributed by atoms with Gasteiger partial charge in [-0.2, -0.15) is 0 Å². The lowest BCUT2D eigenvalue weighted by Crippen LogP contribution is -3.00. The third-order valence-corrected chi connectivity index (χ3v) is 14.5. The number of aldehydes is 1. The van der Waals surface area contributed by atoms with Crippen LogP contribution in [0.2, 0.25) is 0 Å². The van der Waals surface area contributed by atoms with Crippen LogP contribution in [0.4, 0.5) is 0 Å². The van der Waals surface area contributed by atoms with E-state index in [2.05, 4.69) is 141 Å². The predicted molar refractivity (Wildman–Crippen MR) is 244 cm³/mol. The van der Waals surface area contributed by atoms with Crippen LogP contribution in [0.25, 0.3) is 12.2 Å². The molecular formula is C50H42Br3O3P. The molecule has 0 aliphatic heterocycles. The molecule has 0 saturated carbocycles. The van der Waals surface area contributed by atoms with Crippen molar-refractivity contribution in [2.24, 2.45) is 0 Å². The second-order valence-corrected chi connectivity index (χ2v) is 18.3. The SMILES string of the molecule is CC(=O)c1ccc(C=Cc2ccc(Br)cc2)cc1.CC(=O)c1ccc(C[P+](c2ccccc2)(c2ccccc2)c2ccccc2)cc1.O=Cc1ccc(Br)cc1.[Br-]. The van der Waals surface area contributed by atoms with Crippen molar-refractivity contribution >= 4 is 85.0 Å². The van der Waals surface area contributed by atoms with E-state index >= 15 is 0 Å². The Morgan fingerprint density at radius 3 is 1.11 bits per heavy atom. The van der Waals surface area contributed by atoms with Gasteiger partial charge in [-0.1, -0.05) is 171 Å². The van der Waals surface area contributed by atoms with Gasteiger partial charge in [-0.05, 0) is 91.2 Å². The van der Waals surface area contributed by atoms with Crippen LogP contribution in [0, 0.1) is 0 Å². The van der Waals surface area contributed by atoms with E-state index in [0.717, 1.165) is 43.6 Å². The van der Waals surface area contributed by atoms with E-state index in [1.807, 2.05) is 78.9 Å². The average molecular weight is 962 g/mol. The summed E-state index contributed by atoms with van der Waals surface area (Å²) in [6.07, 6.45) is 5.83. The summed E-state index contributed by atoms with van der Waals surface area (Å²) < 4.78 is 2.07. The maximum atomic E-state index is 11.7. The van der Waals surface area contributed by atoms with Crippen molar-refractivity contribution in [3.63, 3.8) is 0 Å². The molecule has 0 N–H and O–H groups in total. The van der Waals surface area contributed by atoms with Crippen LogP contribution >= 0.6 is 39.1 Å². The Balaban J connectivity index is 0.000000218. The second-order valence-electron chi connectivity index (χ2n) is 13.0. The molecule has 0 bridgehead atoms. The zero-order valence-corrected chi connectivity index (χ0v) is 37.3. The number of rotatable bonds is 10. The van der Waals surface area contributed by atoms with Gasteiger partial charge in [-0.15, -0.1) is 0 Å². The van der Waals surface area contributed by atoms with Crippen LogP contribution in [0.1, 0.15) is 61.6 Å². The molecule has 0 saturated heterocycles. The minimum atomic E-state index is -1.90. The van der Waals surface area contributed by atoms with Crippen molar-refractivity contribution in [2.75, 3.05) is 0 Å². The largest absolute Gasteiger partial charge is 1.00 e. The zero-order chi connectivity index (χ0) is 39.8. The molecule has 57 heavy (non-hydrogen) atoms. The smallest absolute Gasteiger partial charge is 0.159 e. The van der Waals surface area contributed by atoms with Gasteiger partial charge in [0.15, 0.2) is 11.6 Å². The molecule has 0 aromatic heterocycles. The molecule has 7 rings (SSSR count). The Labute approximate surface area is 364 Å². The molecule has 0 atom stereocenters. The number of ketones is 2. The standard InChI is InChI=1S/C27H24OP.C16H13BrO.C7H5BrO.BrH/c1-22(28)24-19-17-23(18-20-24)21-29(25-11-5-2-6-12-25,26-13-7-3-8-14-26)27-15-9-4-10-16-27;1-12(18)15-8-4-13(5-9-15)2-3-14-6-10-16(17)11-7-14;8-7-3-1-6(5-9)2-4-7;/h2-20H,21H2,1H3;2-11H,1H3;1-5H;1H/q+1;;;/p-1. The summed E-state index contributed by atoms with van der Waals surface area (Å²) in [4.78, 5) is 33.0. The van der Waals surface area contributed by atoms with E-state index < -0.39 is 7.26 Å². The first-order chi connectivity index (χ1) is 27.2. The van der Waals surface area contributed by atoms with Crippen LogP contribution in [0.5, 0.6) is 0 Å². The van der Waals surface area contributed by atoms with Crippen molar-refractivity contribution in [3.8, 4) is 0 Å². The predicted octanol–water partition coefficient (Wildman–Crippen LogP) is 9.47. The fraction of sp³-hybridized carbons (Fsp3) is 0.0600. The van der Waals surface area contributed by atoms with Gasteiger partial charge in [0.25, 0.3) is 0 Å². The first-order valence-corrected chi connectivity index (χ1v) is 21.6. The minimum Gasteiger partial charge on any atom is -1.00 e. The summed E-state index contributed by atoms with van der Waals surface area (Å²) >= 11 is 6.67. The Kier molecular flexibility index (Phi) is 17.9. The van der Waals surface area contributed by atoms with E-state index in [1.54, 1.807) is 26.0 Å². The fourth-order valence-electron chi connectivity index (χ4n) is 6.02. The molecule has 0 heterocycles. The molecule has 286 valence electrons. The van der Waals surface area contributed by atoms with Crippen LogP contribution in [-0.2, 0) is 6.16 Å². The lowest BCUT2D eigenvalue weighted by molar-refractivity contribution is -0.0000325.